The van der Waals surface area contributed by atoms with Gasteiger partial charge in [-0.15, -0.1) is 0 Å². The summed E-state index contributed by atoms with van der Waals surface area (Å²) in [6.07, 6.45) is 6.56. The molecule has 0 spiro atoms. The molecule has 114 valence electrons. The normalized spacial score (nSPS) is 14.3. The topological polar surface area (TPSA) is 73.2 Å². The highest BCUT2D eigenvalue weighted by atomic mass is 16.5. The maximum atomic E-state index is 5.71. The van der Waals surface area contributed by atoms with Crippen LogP contribution < -0.4 is 15.2 Å². The second-order valence-corrected chi connectivity index (χ2v) is 5.50. The lowest BCUT2D eigenvalue weighted by atomic mass is 10.1. The molecule has 1 aliphatic heterocycles. The van der Waals surface area contributed by atoms with Crippen molar-refractivity contribution in [2.45, 2.75) is 38.5 Å². The van der Waals surface area contributed by atoms with Crippen LogP contribution in [0.15, 0.2) is 12.1 Å². The summed E-state index contributed by atoms with van der Waals surface area (Å²) in [4.78, 5) is 8.04. The molecule has 0 bridgehead atoms. The molecule has 5 nitrogen and oxygen atoms in total. The fourth-order valence-corrected chi connectivity index (χ4v) is 2.63. The first-order chi connectivity index (χ1) is 10.4. The van der Waals surface area contributed by atoms with Gasteiger partial charge < -0.3 is 20.2 Å². The predicted molar refractivity (Wildman–Crippen MR) is 82.9 cm³/mol. The van der Waals surface area contributed by atoms with Crippen molar-refractivity contribution in [1.82, 2.24) is 9.97 Å². The van der Waals surface area contributed by atoms with Gasteiger partial charge in [0, 0.05) is 25.0 Å². The highest BCUT2D eigenvalue weighted by Gasteiger charge is 2.13. The average Bonchev–Trinajstić information content (AvgIpc) is 2.73. The summed E-state index contributed by atoms with van der Waals surface area (Å²) in [7, 11) is 0. The molecule has 0 aliphatic carbocycles. The van der Waals surface area contributed by atoms with Crippen LogP contribution in [0.25, 0.3) is 11.0 Å². The van der Waals surface area contributed by atoms with Crippen LogP contribution in [-0.4, -0.2) is 29.7 Å². The number of benzene rings is 1. The van der Waals surface area contributed by atoms with Crippen LogP contribution in [0, 0.1) is 0 Å². The molecule has 0 radical (unpaired) electrons. The quantitative estimate of drug-likeness (QED) is 0.802. The number of nitrogens with one attached hydrogen (secondary N) is 1. The van der Waals surface area contributed by atoms with Crippen molar-refractivity contribution in [2.75, 3.05) is 19.8 Å². The molecular weight excluding hydrogens is 266 g/mol. The zero-order valence-corrected chi connectivity index (χ0v) is 12.4. The maximum Gasteiger partial charge on any atom is 0.163 e. The second-order valence-electron chi connectivity index (χ2n) is 5.50. The lowest BCUT2D eigenvalue weighted by molar-refractivity contribution is 0.297. The van der Waals surface area contributed by atoms with Crippen LogP contribution >= 0.6 is 0 Å². The first kappa shape index (κ1) is 14.2. The largest absolute Gasteiger partial charge is 0.489 e. The molecule has 1 aliphatic rings. The monoisotopic (exact) mass is 289 g/mol. The van der Waals surface area contributed by atoms with Gasteiger partial charge >= 0.3 is 0 Å². The molecule has 1 aromatic heterocycles. The van der Waals surface area contributed by atoms with E-state index in [9.17, 15) is 0 Å². The van der Waals surface area contributed by atoms with Crippen LogP contribution in [0.4, 0.5) is 0 Å². The van der Waals surface area contributed by atoms with E-state index >= 15 is 0 Å². The summed E-state index contributed by atoms with van der Waals surface area (Å²) in [6.45, 7) is 2.20. The Bertz CT molecular complexity index is 551. The molecule has 3 N–H and O–H groups in total. The van der Waals surface area contributed by atoms with Crippen LogP contribution in [0.5, 0.6) is 11.5 Å². The number of hydrogen-bond acceptors (Lipinski definition) is 4. The van der Waals surface area contributed by atoms with Gasteiger partial charge in [-0.05, 0) is 19.4 Å². The minimum atomic E-state index is 0.705. The van der Waals surface area contributed by atoms with E-state index in [1.807, 2.05) is 12.1 Å². The molecular formula is C16H23N3O2. The van der Waals surface area contributed by atoms with E-state index in [0.29, 0.717) is 13.2 Å². The number of unbranched alkanes of at least 4 members (excludes halogenated alkanes) is 3. The molecule has 2 aromatic rings. The zero-order valence-electron chi connectivity index (χ0n) is 12.4. The van der Waals surface area contributed by atoms with E-state index in [0.717, 1.165) is 60.6 Å². The first-order valence-corrected chi connectivity index (χ1v) is 7.85. The molecule has 0 atom stereocenters. The molecule has 0 unspecified atom stereocenters. The summed E-state index contributed by atoms with van der Waals surface area (Å²) >= 11 is 0. The summed E-state index contributed by atoms with van der Waals surface area (Å²) in [5.74, 6) is 2.66. The molecule has 21 heavy (non-hydrogen) atoms. The van der Waals surface area contributed by atoms with Crippen molar-refractivity contribution in [1.29, 1.82) is 0 Å². The molecule has 0 saturated carbocycles. The number of imidazole rings is 1. The molecule has 1 aromatic carbocycles. The van der Waals surface area contributed by atoms with E-state index in [2.05, 4.69) is 9.97 Å². The van der Waals surface area contributed by atoms with Crippen molar-refractivity contribution < 1.29 is 9.47 Å². The lowest BCUT2D eigenvalue weighted by Gasteiger charge is -2.05. The number of H-pyrrole nitrogens is 1. The Labute approximate surface area is 124 Å². The third kappa shape index (κ3) is 3.47. The van der Waals surface area contributed by atoms with E-state index in [-0.39, 0.29) is 0 Å². The van der Waals surface area contributed by atoms with Gasteiger partial charge in [0.05, 0.1) is 24.2 Å². The van der Waals surface area contributed by atoms with Gasteiger partial charge in [0.25, 0.3) is 0 Å². The van der Waals surface area contributed by atoms with Crippen LogP contribution in [-0.2, 0) is 6.42 Å². The fourth-order valence-electron chi connectivity index (χ4n) is 2.63. The molecule has 3 rings (SSSR count). The van der Waals surface area contributed by atoms with Crippen molar-refractivity contribution in [3.8, 4) is 11.5 Å². The lowest BCUT2D eigenvalue weighted by Crippen LogP contribution is -1.98. The Kier molecular flexibility index (Phi) is 4.60. The summed E-state index contributed by atoms with van der Waals surface area (Å²) in [5, 5.41) is 0. The Morgan fingerprint density at radius 2 is 1.81 bits per heavy atom. The number of nitrogens with zero attached hydrogens (tertiary/aromatic N) is 1. The predicted octanol–water partition coefficient (Wildman–Crippen LogP) is 2.79. The highest BCUT2D eigenvalue weighted by molar-refractivity contribution is 5.79. The first-order valence-electron chi connectivity index (χ1n) is 7.85. The number of aromatic amines is 1. The third-order valence-corrected chi connectivity index (χ3v) is 3.77. The maximum absolute atomic E-state index is 5.71. The van der Waals surface area contributed by atoms with E-state index in [4.69, 9.17) is 15.2 Å². The highest BCUT2D eigenvalue weighted by Crippen LogP contribution is 2.33. The number of aromatic nitrogens is 2. The molecule has 0 amide bonds. The standard InChI is InChI=1S/C16H23N3O2/c17-7-4-2-1-3-6-16-18-12-10-14-15(11-13(12)19-16)21-9-5-8-20-14/h10-11H,1-9,17H2,(H,18,19). The second kappa shape index (κ2) is 6.80. The molecule has 0 fully saturated rings. The number of nitrogens with two attached hydrogens (primary N) is 1. The van der Waals surface area contributed by atoms with Gasteiger partial charge in [0.2, 0.25) is 0 Å². The molecule has 0 saturated heterocycles. The summed E-state index contributed by atoms with van der Waals surface area (Å²) in [6, 6.07) is 3.98. The fraction of sp³-hybridized carbons (Fsp3) is 0.562. The molecule has 2 heterocycles. The smallest absolute Gasteiger partial charge is 0.163 e. The summed E-state index contributed by atoms with van der Waals surface area (Å²) < 4.78 is 11.4. The number of aryl methyl sites for hydroxylation is 1. The van der Waals surface area contributed by atoms with Crippen molar-refractivity contribution >= 4 is 11.0 Å². The minimum Gasteiger partial charge on any atom is -0.489 e. The van der Waals surface area contributed by atoms with Crippen LogP contribution in [0.1, 0.15) is 37.9 Å². The zero-order chi connectivity index (χ0) is 14.5. The Hall–Kier alpha value is -1.75. The van der Waals surface area contributed by atoms with Crippen molar-refractivity contribution in [2.24, 2.45) is 5.73 Å². The Morgan fingerprint density at radius 3 is 2.62 bits per heavy atom. The van der Waals surface area contributed by atoms with Gasteiger partial charge in [-0.3, -0.25) is 0 Å². The number of fused-ring (bicyclic) bond motifs is 2. The van der Waals surface area contributed by atoms with Gasteiger partial charge in [-0.1, -0.05) is 12.8 Å². The molecule has 5 heteroatoms. The van der Waals surface area contributed by atoms with E-state index in [1.54, 1.807) is 0 Å². The van der Waals surface area contributed by atoms with Gasteiger partial charge in [0.15, 0.2) is 11.5 Å². The van der Waals surface area contributed by atoms with Gasteiger partial charge in [0.1, 0.15) is 5.82 Å². The summed E-state index contributed by atoms with van der Waals surface area (Å²) in [5.41, 5.74) is 7.48. The van der Waals surface area contributed by atoms with Crippen molar-refractivity contribution in [3.05, 3.63) is 18.0 Å². The average molecular weight is 289 g/mol. The number of hydrogen-bond donors (Lipinski definition) is 2. The Balaban J connectivity index is 1.68. The number of rotatable bonds is 6. The van der Waals surface area contributed by atoms with Crippen LogP contribution in [0.3, 0.4) is 0 Å². The van der Waals surface area contributed by atoms with Crippen molar-refractivity contribution in [3.63, 3.8) is 0 Å². The van der Waals surface area contributed by atoms with E-state index in [1.165, 1.54) is 12.8 Å². The SMILES string of the molecule is NCCCCCCc1nc2cc3c(cc2[nH]1)OCCCO3. The van der Waals surface area contributed by atoms with Crippen LogP contribution in [0.2, 0.25) is 0 Å². The van der Waals surface area contributed by atoms with E-state index < -0.39 is 0 Å². The Morgan fingerprint density at radius 1 is 1.05 bits per heavy atom. The third-order valence-electron chi connectivity index (χ3n) is 3.77. The van der Waals surface area contributed by atoms with Gasteiger partial charge in [-0.2, -0.15) is 0 Å². The van der Waals surface area contributed by atoms with Gasteiger partial charge in [-0.25, -0.2) is 4.98 Å². The minimum absolute atomic E-state index is 0.705. The number of ether oxygens (including phenoxy) is 2.